The van der Waals surface area contributed by atoms with E-state index in [-0.39, 0.29) is 17.6 Å². The summed E-state index contributed by atoms with van der Waals surface area (Å²) in [5.41, 5.74) is 2.75. The van der Waals surface area contributed by atoms with E-state index in [1.54, 1.807) is 4.90 Å². The highest BCUT2D eigenvalue weighted by molar-refractivity contribution is 5.94. The third-order valence-corrected chi connectivity index (χ3v) is 4.73. The predicted octanol–water partition coefficient (Wildman–Crippen LogP) is 2.21. The van der Waals surface area contributed by atoms with Gasteiger partial charge >= 0.3 is 0 Å². The quantitative estimate of drug-likeness (QED) is 0.879. The lowest BCUT2D eigenvalue weighted by Crippen LogP contribution is -2.51. The third kappa shape index (κ3) is 5.37. The molecule has 5 nitrogen and oxygen atoms in total. The number of halogens is 1. The first-order valence-electron chi connectivity index (χ1n) is 9.11. The van der Waals surface area contributed by atoms with Crippen LogP contribution in [0.5, 0.6) is 0 Å². The molecule has 0 spiro atoms. The number of aryl methyl sites for hydroxylation is 1. The molecule has 1 aliphatic heterocycles. The minimum absolute atomic E-state index is 0.0195. The maximum Gasteiger partial charge on any atom is 0.253 e. The Hall–Kier alpha value is -2.73. The summed E-state index contributed by atoms with van der Waals surface area (Å²) in [6, 6.07) is 13.7. The second-order valence-corrected chi connectivity index (χ2v) is 6.84. The smallest absolute Gasteiger partial charge is 0.253 e. The van der Waals surface area contributed by atoms with Gasteiger partial charge in [-0.15, -0.1) is 0 Å². The molecule has 0 bridgehead atoms. The van der Waals surface area contributed by atoms with Gasteiger partial charge in [0.1, 0.15) is 5.82 Å². The van der Waals surface area contributed by atoms with Crippen LogP contribution in [0.15, 0.2) is 48.5 Å². The van der Waals surface area contributed by atoms with Crippen LogP contribution in [0, 0.1) is 12.7 Å². The molecule has 2 aromatic rings. The number of hydrogen-bond acceptors (Lipinski definition) is 3. The van der Waals surface area contributed by atoms with Crippen molar-refractivity contribution in [1.29, 1.82) is 0 Å². The molecular weight excluding hydrogens is 345 g/mol. The van der Waals surface area contributed by atoms with E-state index in [0.29, 0.717) is 44.8 Å². The Balaban J connectivity index is 1.42. The van der Waals surface area contributed by atoms with Crippen molar-refractivity contribution >= 4 is 11.8 Å². The van der Waals surface area contributed by atoms with E-state index in [0.717, 1.165) is 5.56 Å². The standard InChI is InChI=1S/C21H24FN3O2/c1-16-2-4-17(5-3-16)14-23-20(26)15-24-10-12-25(13-11-24)21(27)18-6-8-19(22)9-7-18/h2-9H,10-15H2,1H3,(H,23,26). The Morgan fingerprint density at radius 3 is 2.22 bits per heavy atom. The molecule has 0 saturated carbocycles. The maximum absolute atomic E-state index is 13.0. The van der Waals surface area contributed by atoms with Crippen molar-refractivity contribution in [3.05, 3.63) is 71.0 Å². The SMILES string of the molecule is Cc1ccc(CNC(=O)CN2CCN(C(=O)c3ccc(F)cc3)CC2)cc1. The maximum atomic E-state index is 13.0. The average Bonchev–Trinajstić information content (AvgIpc) is 2.68. The highest BCUT2D eigenvalue weighted by Crippen LogP contribution is 2.10. The van der Waals surface area contributed by atoms with Gasteiger partial charge in [0.05, 0.1) is 6.54 Å². The van der Waals surface area contributed by atoms with Gasteiger partial charge in [0.2, 0.25) is 5.91 Å². The van der Waals surface area contributed by atoms with Gasteiger partial charge in [0, 0.05) is 38.3 Å². The fraction of sp³-hybridized carbons (Fsp3) is 0.333. The summed E-state index contributed by atoms with van der Waals surface area (Å²) in [5, 5.41) is 2.93. The molecule has 6 heteroatoms. The van der Waals surface area contributed by atoms with Crippen molar-refractivity contribution in [1.82, 2.24) is 15.1 Å². The zero-order valence-corrected chi connectivity index (χ0v) is 15.5. The summed E-state index contributed by atoms with van der Waals surface area (Å²) in [5.74, 6) is -0.472. The molecule has 1 fully saturated rings. The largest absolute Gasteiger partial charge is 0.351 e. The summed E-state index contributed by atoms with van der Waals surface area (Å²) in [6.45, 7) is 5.27. The number of piperazine rings is 1. The highest BCUT2D eigenvalue weighted by Gasteiger charge is 2.23. The van der Waals surface area contributed by atoms with Gasteiger partial charge in [-0.2, -0.15) is 0 Å². The molecular formula is C21H24FN3O2. The lowest BCUT2D eigenvalue weighted by molar-refractivity contribution is -0.122. The lowest BCUT2D eigenvalue weighted by atomic mass is 10.1. The summed E-state index contributed by atoms with van der Waals surface area (Å²) < 4.78 is 13.0. The lowest BCUT2D eigenvalue weighted by Gasteiger charge is -2.34. The zero-order chi connectivity index (χ0) is 19.2. The molecule has 0 aromatic heterocycles. The fourth-order valence-corrected chi connectivity index (χ4v) is 3.05. The number of nitrogens with zero attached hydrogens (tertiary/aromatic N) is 2. The average molecular weight is 369 g/mol. The Morgan fingerprint density at radius 1 is 0.963 bits per heavy atom. The number of hydrogen-bond donors (Lipinski definition) is 1. The van der Waals surface area contributed by atoms with Crippen LogP contribution in [-0.4, -0.2) is 54.3 Å². The molecule has 0 unspecified atom stereocenters. The van der Waals surface area contributed by atoms with Gasteiger partial charge in [-0.05, 0) is 36.8 Å². The van der Waals surface area contributed by atoms with Crippen molar-refractivity contribution in [3.8, 4) is 0 Å². The Morgan fingerprint density at radius 2 is 1.59 bits per heavy atom. The first kappa shape index (κ1) is 19.0. The topological polar surface area (TPSA) is 52.7 Å². The molecule has 1 saturated heterocycles. The van der Waals surface area contributed by atoms with Crippen LogP contribution in [0.3, 0.4) is 0 Å². The van der Waals surface area contributed by atoms with Gasteiger partial charge in [0.25, 0.3) is 5.91 Å². The summed E-state index contributed by atoms with van der Waals surface area (Å²) >= 11 is 0. The van der Waals surface area contributed by atoms with Crippen molar-refractivity contribution < 1.29 is 14.0 Å². The molecule has 3 rings (SSSR count). The molecule has 0 atom stereocenters. The molecule has 1 aliphatic rings. The normalized spacial score (nSPS) is 14.8. The summed E-state index contributed by atoms with van der Waals surface area (Å²) in [7, 11) is 0. The summed E-state index contributed by atoms with van der Waals surface area (Å²) in [6.07, 6.45) is 0. The molecule has 0 aliphatic carbocycles. The van der Waals surface area contributed by atoms with Crippen molar-refractivity contribution in [2.75, 3.05) is 32.7 Å². The van der Waals surface area contributed by atoms with Crippen LogP contribution >= 0.6 is 0 Å². The molecule has 142 valence electrons. The number of carbonyl (C=O) groups is 2. The van der Waals surface area contributed by atoms with E-state index >= 15 is 0 Å². The van der Waals surface area contributed by atoms with Crippen LogP contribution in [0.2, 0.25) is 0 Å². The van der Waals surface area contributed by atoms with Crippen molar-refractivity contribution in [2.45, 2.75) is 13.5 Å². The summed E-state index contributed by atoms with van der Waals surface area (Å²) in [4.78, 5) is 28.4. The second kappa shape index (κ2) is 8.77. The van der Waals surface area contributed by atoms with Gasteiger partial charge in [0.15, 0.2) is 0 Å². The van der Waals surface area contributed by atoms with E-state index in [4.69, 9.17) is 0 Å². The number of carbonyl (C=O) groups excluding carboxylic acids is 2. The van der Waals surface area contributed by atoms with Crippen molar-refractivity contribution in [3.63, 3.8) is 0 Å². The molecule has 1 heterocycles. The van der Waals surface area contributed by atoms with Crippen LogP contribution < -0.4 is 5.32 Å². The van der Waals surface area contributed by atoms with Crippen molar-refractivity contribution in [2.24, 2.45) is 0 Å². The number of amides is 2. The Bertz CT molecular complexity index is 782. The highest BCUT2D eigenvalue weighted by atomic mass is 19.1. The third-order valence-electron chi connectivity index (χ3n) is 4.73. The first-order valence-corrected chi connectivity index (χ1v) is 9.11. The van der Waals surface area contributed by atoms with Gasteiger partial charge in [-0.1, -0.05) is 29.8 Å². The van der Waals surface area contributed by atoms with Crippen LogP contribution in [0.1, 0.15) is 21.5 Å². The van der Waals surface area contributed by atoms with Crippen LogP contribution in [0.25, 0.3) is 0 Å². The monoisotopic (exact) mass is 369 g/mol. The Labute approximate surface area is 158 Å². The number of nitrogens with one attached hydrogen (secondary N) is 1. The van der Waals surface area contributed by atoms with Gasteiger partial charge in [-0.3, -0.25) is 14.5 Å². The number of rotatable bonds is 5. The van der Waals surface area contributed by atoms with Crippen LogP contribution in [0.4, 0.5) is 4.39 Å². The van der Waals surface area contributed by atoms with E-state index in [9.17, 15) is 14.0 Å². The molecule has 2 amide bonds. The predicted molar refractivity (Wildman–Crippen MR) is 102 cm³/mol. The van der Waals surface area contributed by atoms with Gasteiger partial charge in [-0.25, -0.2) is 4.39 Å². The zero-order valence-electron chi connectivity index (χ0n) is 15.5. The fourth-order valence-electron chi connectivity index (χ4n) is 3.05. The molecule has 1 N–H and O–H groups in total. The van der Waals surface area contributed by atoms with Gasteiger partial charge < -0.3 is 10.2 Å². The Kier molecular flexibility index (Phi) is 6.19. The minimum atomic E-state index is -0.354. The van der Waals surface area contributed by atoms with E-state index in [1.807, 2.05) is 36.1 Å². The number of benzene rings is 2. The van der Waals surface area contributed by atoms with Crippen LogP contribution in [-0.2, 0) is 11.3 Å². The molecule has 27 heavy (non-hydrogen) atoms. The minimum Gasteiger partial charge on any atom is -0.351 e. The van der Waals surface area contributed by atoms with E-state index < -0.39 is 0 Å². The van der Waals surface area contributed by atoms with E-state index in [2.05, 4.69) is 5.32 Å². The molecule has 2 aromatic carbocycles. The first-order chi connectivity index (χ1) is 13.0. The second-order valence-electron chi connectivity index (χ2n) is 6.84. The van der Waals surface area contributed by atoms with E-state index in [1.165, 1.54) is 29.8 Å². The molecule has 0 radical (unpaired) electrons.